The van der Waals surface area contributed by atoms with Gasteiger partial charge in [0.15, 0.2) is 6.61 Å². The highest BCUT2D eigenvalue weighted by molar-refractivity contribution is 8.00. The highest BCUT2D eigenvalue weighted by Gasteiger charge is 2.29. The van der Waals surface area contributed by atoms with Crippen molar-refractivity contribution in [3.05, 3.63) is 48.0 Å². The molecule has 0 aromatic heterocycles. The van der Waals surface area contributed by atoms with E-state index in [0.29, 0.717) is 13.1 Å². The molecule has 0 atom stereocenters. The molecule has 178 valence electrons. The van der Waals surface area contributed by atoms with E-state index in [2.05, 4.69) is 5.32 Å². The lowest BCUT2D eigenvalue weighted by atomic mass is 10.2. The van der Waals surface area contributed by atoms with Crippen LogP contribution in [0, 0.1) is 6.92 Å². The number of rotatable bonds is 9. The second-order valence-electron chi connectivity index (χ2n) is 7.59. The van der Waals surface area contributed by atoms with Crippen molar-refractivity contribution < 1.29 is 27.5 Å². The Morgan fingerprint density at radius 3 is 2.52 bits per heavy atom. The molecular weight excluding hydrogens is 464 g/mol. The van der Waals surface area contributed by atoms with Crippen LogP contribution in [0.3, 0.4) is 0 Å². The van der Waals surface area contributed by atoms with Crippen LogP contribution >= 0.6 is 11.8 Å². The zero-order chi connectivity index (χ0) is 23.8. The zero-order valence-electron chi connectivity index (χ0n) is 18.7. The molecule has 1 N–H and O–H groups in total. The van der Waals surface area contributed by atoms with Gasteiger partial charge in [-0.05, 0) is 49.6 Å². The predicted octanol–water partition coefficient (Wildman–Crippen LogP) is 3.45. The lowest BCUT2D eigenvalue weighted by Crippen LogP contribution is -2.35. The lowest BCUT2D eigenvalue weighted by molar-refractivity contribution is -0.144. The molecule has 33 heavy (non-hydrogen) atoms. The van der Waals surface area contributed by atoms with Crippen LogP contribution in [0.1, 0.15) is 24.8 Å². The van der Waals surface area contributed by atoms with Crippen LogP contribution in [0.15, 0.2) is 52.3 Å². The number of ether oxygens (including phenoxy) is 2. The largest absolute Gasteiger partial charge is 0.495 e. The SMILES string of the molecule is COc1ccc(NC(=O)COC(=O)CSc2ccccc2C)cc1S(=O)(=O)N1CCCCC1. The molecule has 1 saturated heterocycles. The molecule has 0 radical (unpaired) electrons. The fourth-order valence-corrected chi connectivity index (χ4v) is 5.97. The van der Waals surface area contributed by atoms with Crippen LogP contribution in [-0.4, -0.2) is 57.2 Å². The fraction of sp³-hybridized carbons (Fsp3) is 0.391. The summed E-state index contributed by atoms with van der Waals surface area (Å²) in [4.78, 5) is 25.2. The molecular formula is C23H28N2O6S2. The van der Waals surface area contributed by atoms with Crippen LogP contribution in [0.2, 0.25) is 0 Å². The third-order valence-corrected chi connectivity index (χ3v) is 8.25. The van der Waals surface area contributed by atoms with Gasteiger partial charge in [-0.3, -0.25) is 9.59 Å². The maximum atomic E-state index is 13.1. The molecule has 1 aliphatic heterocycles. The number of carbonyl (C=O) groups excluding carboxylic acids is 2. The van der Waals surface area contributed by atoms with Gasteiger partial charge in [0.2, 0.25) is 10.0 Å². The number of hydrogen-bond donors (Lipinski definition) is 1. The maximum absolute atomic E-state index is 13.1. The number of carbonyl (C=O) groups is 2. The van der Waals surface area contributed by atoms with E-state index >= 15 is 0 Å². The molecule has 0 bridgehead atoms. The molecule has 1 amide bonds. The van der Waals surface area contributed by atoms with Crippen LogP contribution < -0.4 is 10.1 Å². The number of methoxy groups -OCH3 is 1. The quantitative estimate of drug-likeness (QED) is 0.422. The maximum Gasteiger partial charge on any atom is 0.316 e. The molecule has 8 nitrogen and oxygen atoms in total. The average Bonchev–Trinajstić information content (AvgIpc) is 2.82. The van der Waals surface area contributed by atoms with Gasteiger partial charge in [-0.15, -0.1) is 11.8 Å². The smallest absolute Gasteiger partial charge is 0.316 e. The summed E-state index contributed by atoms with van der Waals surface area (Å²) in [5, 5.41) is 2.59. The van der Waals surface area contributed by atoms with Gasteiger partial charge in [0, 0.05) is 23.7 Å². The molecule has 0 saturated carbocycles. The van der Waals surface area contributed by atoms with Crippen molar-refractivity contribution >= 4 is 39.3 Å². The van der Waals surface area contributed by atoms with Crippen molar-refractivity contribution in [3.63, 3.8) is 0 Å². The van der Waals surface area contributed by atoms with Crippen LogP contribution in [-0.2, 0) is 24.3 Å². The van der Waals surface area contributed by atoms with E-state index in [4.69, 9.17) is 9.47 Å². The van der Waals surface area contributed by atoms with Gasteiger partial charge in [0.1, 0.15) is 10.6 Å². The number of anilines is 1. The van der Waals surface area contributed by atoms with Crippen molar-refractivity contribution in [1.82, 2.24) is 4.31 Å². The van der Waals surface area contributed by atoms with E-state index in [1.807, 2.05) is 31.2 Å². The normalized spacial score (nSPS) is 14.5. The molecule has 0 unspecified atom stereocenters. The van der Waals surface area contributed by atoms with Gasteiger partial charge in [-0.2, -0.15) is 4.31 Å². The first-order valence-electron chi connectivity index (χ1n) is 10.6. The van der Waals surface area contributed by atoms with Crippen molar-refractivity contribution in [1.29, 1.82) is 0 Å². The summed E-state index contributed by atoms with van der Waals surface area (Å²) in [7, 11) is -2.36. The number of nitrogens with one attached hydrogen (secondary N) is 1. The molecule has 1 fully saturated rings. The summed E-state index contributed by atoms with van der Waals surface area (Å²) in [5.74, 6) is -0.783. The van der Waals surface area contributed by atoms with Gasteiger partial charge in [0.05, 0.1) is 12.9 Å². The van der Waals surface area contributed by atoms with Crippen molar-refractivity contribution in [2.24, 2.45) is 0 Å². The van der Waals surface area contributed by atoms with E-state index in [9.17, 15) is 18.0 Å². The number of hydrogen-bond acceptors (Lipinski definition) is 7. The Kier molecular flexibility index (Phi) is 8.76. The summed E-state index contributed by atoms with van der Waals surface area (Å²) in [6, 6.07) is 12.1. The Balaban J connectivity index is 1.58. The van der Waals surface area contributed by atoms with Crippen molar-refractivity contribution in [2.45, 2.75) is 36.0 Å². The minimum atomic E-state index is -3.76. The fourth-order valence-electron chi connectivity index (χ4n) is 3.44. The lowest BCUT2D eigenvalue weighted by Gasteiger charge is -2.26. The highest BCUT2D eigenvalue weighted by atomic mass is 32.2. The predicted molar refractivity (Wildman–Crippen MR) is 127 cm³/mol. The first-order chi connectivity index (χ1) is 15.8. The van der Waals surface area contributed by atoms with Gasteiger partial charge in [-0.1, -0.05) is 24.6 Å². The molecule has 2 aromatic rings. The summed E-state index contributed by atoms with van der Waals surface area (Å²) in [6.07, 6.45) is 2.62. The Morgan fingerprint density at radius 1 is 1.09 bits per heavy atom. The standard InChI is InChI=1S/C23H28N2O6S2/c1-17-8-4-5-9-20(17)32-16-23(27)31-15-22(26)24-18-10-11-19(30-2)21(14-18)33(28,29)25-12-6-3-7-13-25/h4-5,8-11,14H,3,6-7,12-13,15-16H2,1-2H3,(H,24,26). The second kappa shape index (κ2) is 11.5. The summed E-state index contributed by atoms with van der Waals surface area (Å²) in [5.41, 5.74) is 1.34. The number of amides is 1. The van der Waals surface area contributed by atoms with Crippen LogP contribution in [0.5, 0.6) is 5.75 Å². The molecule has 1 heterocycles. The Hall–Kier alpha value is -2.56. The van der Waals surface area contributed by atoms with Crippen LogP contribution in [0.4, 0.5) is 5.69 Å². The van der Waals surface area contributed by atoms with Gasteiger partial charge < -0.3 is 14.8 Å². The summed E-state index contributed by atoms with van der Waals surface area (Å²) < 4.78 is 37.9. The molecule has 2 aromatic carbocycles. The minimum absolute atomic E-state index is 0.00340. The first kappa shape index (κ1) is 25.1. The second-order valence-corrected chi connectivity index (χ2v) is 10.5. The third-order valence-electron chi connectivity index (χ3n) is 5.18. The number of sulfonamides is 1. The molecule has 0 spiro atoms. The van der Waals surface area contributed by atoms with Crippen molar-refractivity contribution in [3.8, 4) is 5.75 Å². The molecule has 3 rings (SSSR count). The van der Waals surface area contributed by atoms with Gasteiger partial charge in [-0.25, -0.2) is 8.42 Å². The molecule has 10 heteroatoms. The van der Waals surface area contributed by atoms with E-state index in [1.54, 1.807) is 6.07 Å². The number of esters is 1. The van der Waals surface area contributed by atoms with E-state index < -0.39 is 28.5 Å². The van der Waals surface area contributed by atoms with Gasteiger partial charge in [0.25, 0.3) is 5.91 Å². The Labute approximate surface area is 198 Å². The van der Waals surface area contributed by atoms with Gasteiger partial charge >= 0.3 is 5.97 Å². The number of benzene rings is 2. The minimum Gasteiger partial charge on any atom is -0.495 e. The topological polar surface area (TPSA) is 102 Å². The Morgan fingerprint density at radius 2 is 1.82 bits per heavy atom. The number of thioether (sulfide) groups is 1. The molecule has 1 aliphatic rings. The van der Waals surface area contributed by atoms with E-state index in [0.717, 1.165) is 29.7 Å². The van der Waals surface area contributed by atoms with Crippen molar-refractivity contribution in [2.75, 3.05) is 37.9 Å². The zero-order valence-corrected chi connectivity index (χ0v) is 20.3. The summed E-state index contributed by atoms with van der Waals surface area (Å²) in [6.45, 7) is 2.40. The number of piperidine rings is 1. The highest BCUT2D eigenvalue weighted by Crippen LogP contribution is 2.31. The number of nitrogens with zero attached hydrogens (tertiary/aromatic N) is 1. The number of aryl methyl sites for hydroxylation is 1. The Bertz CT molecular complexity index is 1100. The van der Waals surface area contributed by atoms with Crippen LogP contribution in [0.25, 0.3) is 0 Å². The monoisotopic (exact) mass is 492 g/mol. The van der Waals surface area contributed by atoms with E-state index in [-0.39, 0.29) is 22.1 Å². The molecule has 0 aliphatic carbocycles. The summed E-state index contributed by atoms with van der Waals surface area (Å²) >= 11 is 1.34. The van der Waals surface area contributed by atoms with E-state index in [1.165, 1.54) is 35.3 Å². The third kappa shape index (κ3) is 6.72. The average molecular weight is 493 g/mol. The first-order valence-corrected chi connectivity index (χ1v) is 13.1.